The number of rotatable bonds is 4. The summed E-state index contributed by atoms with van der Waals surface area (Å²) in [6.45, 7) is 10.8. The highest BCUT2D eigenvalue weighted by atomic mass is 16.5. The van der Waals surface area contributed by atoms with Crippen LogP contribution >= 0.6 is 0 Å². The summed E-state index contributed by atoms with van der Waals surface area (Å²) in [6.07, 6.45) is 1.04. The Bertz CT molecular complexity index is 385. The molecule has 0 saturated heterocycles. The van der Waals surface area contributed by atoms with Crippen LogP contribution in [-0.2, 0) is 16.0 Å². The molecule has 1 aromatic rings. The quantitative estimate of drug-likeness (QED) is 0.754. The van der Waals surface area contributed by atoms with E-state index in [4.69, 9.17) is 4.74 Å². The predicted octanol–water partition coefficient (Wildman–Crippen LogP) is 3.94. The van der Waals surface area contributed by atoms with Crippen LogP contribution in [0.5, 0.6) is 0 Å². The SMILES string of the molecule is CCOC(=O)C(C)c1ccc(CC(C)(C)C)cc1. The zero-order valence-corrected chi connectivity index (χ0v) is 12.1. The maximum absolute atomic E-state index is 11.6. The molecule has 2 heteroatoms. The van der Waals surface area contributed by atoms with Crippen LogP contribution in [-0.4, -0.2) is 12.6 Å². The van der Waals surface area contributed by atoms with Gasteiger partial charge in [-0.25, -0.2) is 0 Å². The van der Waals surface area contributed by atoms with Crippen LogP contribution in [0, 0.1) is 5.41 Å². The van der Waals surface area contributed by atoms with Crippen molar-refractivity contribution in [3.8, 4) is 0 Å². The molecular weight excluding hydrogens is 224 g/mol. The first-order chi connectivity index (χ1) is 8.33. The average Bonchev–Trinajstić information content (AvgIpc) is 2.27. The molecule has 0 heterocycles. The van der Waals surface area contributed by atoms with Crippen molar-refractivity contribution in [2.75, 3.05) is 6.61 Å². The normalized spacial score (nSPS) is 13.2. The van der Waals surface area contributed by atoms with Crippen molar-refractivity contribution < 1.29 is 9.53 Å². The zero-order valence-electron chi connectivity index (χ0n) is 12.1. The van der Waals surface area contributed by atoms with Gasteiger partial charge in [0.15, 0.2) is 0 Å². The van der Waals surface area contributed by atoms with Crippen LogP contribution < -0.4 is 0 Å². The van der Waals surface area contributed by atoms with Gasteiger partial charge in [-0.15, -0.1) is 0 Å². The van der Waals surface area contributed by atoms with Crippen molar-refractivity contribution in [1.82, 2.24) is 0 Å². The van der Waals surface area contributed by atoms with E-state index >= 15 is 0 Å². The van der Waals surface area contributed by atoms with Gasteiger partial charge in [0.05, 0.1) is 12.5 Å². The van der Waals surface area contributed by atoms with E-state index in [1.165, 1.54) is 5.56 Å². The Kier molecular flexibility index (Phi) is 4.94. The highest BCUT2D eigenvalue weighted by Gasteiger charge is 2.17. The molecule has 0 amide bonds. The predicted molar refractivity (Wildman–Crippen MR) is 74.6 cm³/mol. The van der Waals surface area contributed by atoms with E-state index in [1.807, 2.05) is 26.0 Å². The second-order valence-electron chi connectivity index (χ2n) is 5.95. The second kappa shape index (κ2) is 6.03. The molecule has 18 heavy (non-hydrogen) atoms. The Morgan fingerprint density at radius 3 is 2.22 bits per heavy atom. The molecule has 100 valence electrons. The third-order valence-corrected chi connectivity index (χ3v) is 2.85. The van der Waals surface area contributed by atoms with Crippen molar-refractivity contribution in [2.24, 2.45) is 5.41 Å². The summed E-state index contributed by atoms with van der Waals surface area (Å²) in [5.74, 6) is -0.338. The molecule has 0 fully saturated rings. The van der Waals surface area contributed by atoms with E-state index in [-0.39, 0.29) is 17.3 Å². The van der Waals surface area contributed by atoms with Gasteiger partial charge in [0.1, 0.15) is 0 Å². The van der Waals surface area contributed by atoms with Gasteiger partial charge in [0.25, 0.3) is 0 Å². The van der Waals surface area contributed by atoms with Crippen LogP contribution in [0.2, 0.25) is 0 Å². The van der Waals surface area contributed by atoms with Gasteiger partial charge in [-0.1, -0.05) is 45.0 Å². The molecule has 1 rings (SSSR count). The van der Waals surface area contributed by atoms with Gasteiger partial charge in [-0.2, -0.15) is 0 Å². The Hall–Kier alpha value is -1.31. The largest absolute Gasteiger partial charge is 0.466 e. The molecular formula is C16H24O2. The lowest BCUT2D eigenvalue weighted by Gasteiger charge is -2.18. The van der Waals surface area contributed by atoms with Gasteiger partial charge in [0.2, 0.25) is 0 Å². The van der Waals surface area contributed by atoms with Crippen LogP contribution in [0.25, 0.3) is 0 Å². The van der Waals surface area contributed by atoms with Crippen molar-refractivity contribution >= 4 is 5.97 Å². The summed E-state index contributed by atoms with van der Waals surface area (Å²) in [4.78, 5) is 11.6. The van der Waals surface area contributed by atoms with Gasteiger partial charge in [-0.3, -0.25) is 4.79 Å². The van der Waals surface area contributed by atoms with E-state index in [2.05, 4.69) is 32.9 Å². The molecule has 0 radical (unpaired) electrons. The van der Waals surface area contributed by atoms with Crippen molar-refractivity contribution in [3.05, 3.63) is 35.4 Å². The van der Waals surface area contributed by atoms with Crippen molar-refractivity contribution in [3.63, 3.8) is 0 Å². The molecule has 1 unspecified atom stereocenters. The Morgan fingerprint density at radius 2 is 1.78 bits per heavy atom. The van der Waals surface area contributed by atoms with E-state index < -0.39 is 0 Å². The standard InChI is InChI=1S/C16H24O2/c1-6-18-15(17)12(2)14-9-7-13(8-10-14)11-16(3,4)5/h7-10,12H,6,11H2,1-5H3. The summed E-state index contributed by atoms with van der Waals surface area (Å²) in [5, 5.41) is 0. The lowest BCUT2D eigenvalue weighted by atomic mass is 9.87. The topological polar surface area (TPSA) is 26.3 Å². The minimum absolute atomic E-state index is 0.152. The molecule has 0 bridgehead atoms. The number of carbonyl (C=O) groups excluding carboxylic acids is 1. The van der Waals surface area contributed by atoms with Gasteiger partial charge in [0, 0.05) is 0 Å². The Labute approximate surface area is 110 Å². The minimum Gasteiger partial charge on any atom is -0.466 e. The number of benzene rings is 1. The number of hydrogen-bond acceptors (Lipinski definition) is 2. The van der Waals surface area contributed by atoms with Crippen LogP contribution in [0.1, 0.15) is 51.7 Å². The highest BCUT2D eigenvalue weighted by molar-refractivity contribution is 5.77. The van der Waals surface area contributed by atoms with Gasteiger partial charge < -0.3 is 4.74 Å². The van der Waals surface area contributed by atoms with Crippen molar-refractivity contribution in [2.45, 2.75) is 47.0 Å². The summed E-state index contributed by atoms with van der Waals surface area (Å²) in [6, 6.07) is 8.28. The average molecular weight is 248 g/mol. The number of esters is 1. The fourth-order valence-electron chi connectivity index (χ4n) is 1.94. The molecule has 0 aliphatic rings. The number of hydrogen-bond donors (Lipinski definition) is 0. The summed E-state index contributed by atoms with van der Waals surface area (Å²) < 4.78 is 5.03. The monoisotopic (exact) mass is 248 g/mol. The lowest BCUT2D eigenvalue weighted by molar-refractivity contribution is -0.144. The lowest BCUT2D eigenvalue weighted by Crippen LogP contribution is -2.13. The van der Waals surface area contributed by atoms with E-state index in [0.717, 1.165) is 12.0 Å². The molecule has 0 aliphatic heterocycles. The number of ether oxygens (including phenoxy) is 1. The first kappa shape index (κ1) is 14.7. The molecule has 0 N–H and O–H groups in total. The first-order valence-electron chi connectivity index (χ1n) is 6.59. The molecule has 0 aromatic heterocycles. The summed E-state index contributed by atoms with van der Waals surface area (Å²) >= 11 is 0. The van der Waals surface area contributed by atoms with Gasteiger partial charge in [-0.05, 0) is 36.8 Å². The molecule has 0 aliphatic carbocycles. The zero-order chi connectivity index (χ0) is 13.8. The van der Waals surface area contributed by atoms with Crippen LogP contribution in [0.4, 0.5) is 0 Å². The molecule has 1 atom stereocenters. The maximum Gasteiger partial charge on any atom is 0.313 e. The molecule has 0 saturated carbocycles. The van der Waals surface area contributed by atoms with Crippen molar-refractivity contribution in [1.29, 1.82) is 0 Å². The van der Waals surface area contributed by atoms with Crippen LogP contribution in [0.3, 0.4) is 0 Å². The second-order valence-corrected chi connectivity index (χ2v) is 5.95. The Morgan fingerprint density at radius 1 is 1.22 bits per heavy atom. The minimum atomic E-state index is -0.186. The fourth-order valence-corrected chi connectivity index (χ4v) is 1.94. The van der Waals surface area contributed by atoms with E-state index in [0.29, 0.717) is 6.61 Å². The summed E-state index contributed by atoms with van der Waals surface area (Å²) in [5.41, 5.74) is 2.61. The third-order valence-electron chi connectivity index (χ3n) is 2.85. The first-order valence-corrected chi connectivity index (χ1v) is 6.59. The summed E-state index contributed by atoms with van der Waals surface area (Å²) in [7, 11) is 0. The molecule has 1 aromatic carbocycles. The van der Waals surface area contributed by atoms with Crippen LogP contribution in [0.15, 0.2) is 24.3 Å². The van der Waals surface area contributed by atoms with Gasteiger partial charge >= 0.3 is 5.97 Å². The highest BCUT2D eigenvalue weighted by Crippen LogP contribution is 2.23. The van der Waals surface area contributed by atoms with E-state index in [9.17, 15) is 4.79 Å². The number of carbonyl (C=O) groups is 1. The fraction of sp³-hybridized carbons (Fsp3) is 0.562. The Balaban J connectivity index is 2.73. The maximum atomic E-state index is 11.6. The molecule has 0 spiro atoms. The van der Waals surface area contributed by atoms with E-state index in [1.54, 1.807) is 0 Å². The molecule has 2 nitrogen and oxygen atoms in total. The third kappa shape index (κ3) is 4.52. The smallest absolute Gasteiger partial charge is 0.313 e.